The fraction of sp³-hybridized carbons (Fsp3) is 0.184. The smallest absolute Gasteiger partial charge is 0.335 e. The van der Waals surface area contributed by atoms with E-state index in [9.17, 15) is 4.79 Å². The van der Waals surface area contributed by atoms with Crippen molar-refractivity contribution in [3.63, 3.8) is 0 Å². The minimum absolute atomic E-state index is 0.330. The summed E-state index contributed by atoms with van der Waals surface area (Å²) >= 11 is 0. The zero-order chi connectivity index (χ0) is 29.4. The molecule has 4 heteroatoms. The van der Waals surface area contributed by atoms with Gasteiger partial charge in [0.1, 0.15) is 12.4 Å². The molecule has 214 valence electrons. The first-order chi connectivity index (χ1) is 20.6. The van der Waals surface area contributed by atoms with Crippen LogP contribution < -0.4 is 4.74 Å². The van der Waals surface area contributed by atoms with E-state index in [1.807, 2.05) is 73.7 Å². The minimum atomic E-state index is -0.601. The Bertz CT molecular complexity index is 1400. The number of carbonyl (C=O) groups is 1. The molecule has 0 saturated carbocycles. The van der Waals surface area contributed by atoms with Gasteiger partial charge in [-0.1, -0.05) is 103 Å². The maximum atomic E-state index is 12.2. The van der Waals surface area contributed by atoms with E-state index in [-0.39, 0.29) is 5.97 Å². The van der Waals surface area contributed by atoms with E-state index in [1.165, 1.54) is 0 Å². The molecular formula is C38H38O4. The summed E-state index contributed by atoms with van der Waals surface area (Å²) in [5.74, 6) is 0.432. The molecule has 0 unspecified atom stereocenters. The fourth-order valence-electron chi connectivity index (χ4n) is 4.42. The van der Waals surface area contributed by atoms with Crippen molar-refractivity contribution in [3.8, 4) is 5.75 Å². The van der Waals surface area contributed by atoms with Gasteiger partial charge >= 0.3 is 5.97 Å². The van der Waals surface area contributed by atoms with E-state index in [2.05, 4.69) is 72.8 Å². The first kappa shape index (κ1) is 30.3. The van der Waals surface area contributed by atoms with Gasteiger partial charge in [-0.3, -0.25) is 0 Å². The van der Waals surface area contributed by atoms with E-state index in [0.29, 0.717) is 26.2 Å². The molecule has 0 heterocycles. The molecule has 0 radical (unpaired) electrons. The number of hydrogen-bond acceptors (Lipinski definition) is 4. The zero-order valence-electron chi connectivity index (χ0n) is 24.3. The summed E-state index contributed by atoms with van der Waals surface area (Å²) in [5, 5.41) is 0. The molecule has 4 aromatic rings. The monoisotopic (exact) mass is 558 g/mol. The zero-order valence-corrected chi connectivity index (χ0v) is 24.3. The number of hydrogen-bond donors (Lipinski definition) is 0. The van der Waals surface area contributed by atoms with Crippen molar-refractivity contribution < 1.29 is 19.0 Å². The van der Waals surface area contributed by atoms with Gasteiger partial charge < -0.3 is 14.2 Å². The second kappa shape index (κ2) is 16.6. The van der Waals surface area contributed by atoms with Gasteiger partial charge in [0.05, 0.1) is 6.61 Å². The van der Waals surface area contributed by atoms with Crippen LogP contribution in [0.1, 0.15) is 47.2 Å². The lowest BCUT2D eigenvalue weighted by molar-refractivity contribution is -0.156. The highest BCUT2D eigenvalue weighted by molar-refractivity contribution is 5.76. The van der Waals surface area contributed by atoms with Crippen molar-refractivity contribution in [2.45, 2.75) is 26.4 Å². The summed E-state index contributed by atoms with van der Waals surface area (Å²) in [5.41, 5.74) is 6.65. The van der Waals surface area contributed by atoms with Crippen molar-refractivity contribution in [2.24, 2.45) is 0 Å². The van der Waals surface area contributed by atoms with Gasteiger partial charge in [0, 0.05) is 13.0 Å². The Kier molecular flexibility index (Phi) is 11.9. The van der Waals surface area contributed by atoms with Crippen molar-refractivity contribution >= 4 is 36.3 Å². The maximum absolute atomic E-state index is 12.2. The van der Waals surface area contributed by atoms with Crippen LogP contribution in [0.25, 0.3) is 30.4 Å². The van der Waals surface area contributed by atoms with Crippen LogP contribution in [0.2, 0.25) is 0 Å². The predicted octanol–water partition coefficient (Wildman–Crippen LogP) is 8.63. The third-order valence-corrected chi connectivity index (χ3v) is 6.45. The molecule has 4 aromatic carbocycles. The van der Waals surface area contributed by atoms with Gasteiger partial charge in [-0.2, -0.15) is 0 Å². The minimum Gasteiger partial charge on any atom is -0.490 e. The fourth-order valence-corrected chi connectivity index (χ4v) is 4.42. The standard InChI is InChI=1S/C38H38O4/c1-3-40-37(38(39)41-4-2)29-32-21-23-36(24-22-32)42-25-11-16-33-26-34(19-17-30-12-7-5-8-13-30)28-35(27-33)20-18-31-14-9-6-10-15-31/h5-24,26-28,37H,3-4,25,29H2,1-2H3/t37-/m0/s1. The highest BCUT2D eigenvalue weighted by Gasteiger charge is 2.20. The highest BCUT2D eigenvalue weighted by Crippen LogP contribution is 2.19. The second-order valence-corrected chi connectivity index (χ2v) is 9.68. The Hall–Kier alpha value is -4.67. The lowest BCUT2D eigenvalue weighted by Gasteiger charge is -2.15. The molecule has 0 aliphatic carbocycles. The van der Waals surface area contributed by atoms with Gasteiger partial charge in [0.25, 0.3) is 0 Å². The number of carbonyl (C=O) groups excluding carboxylic acids is 1. The Morgan fingerprint density at radius 1 is 0.643 bits per heavy atom. The molecule has 0 saturated heterocycles. The van der Waals surface area contributed by atoms with Crippen molar-refractivity contribution in [1.29, 1.82) is 0 Å². The number of rotatable bonds is 14. The largest absolute Gasteiger partial charge is 0.490 e. The first-order valence-corrected chi connectivity index (χ1v) is 14.4. The Labute approximate surface area is 249 Å². The summed E-state index contributed by atoms with van der Waals surface area (Å²) in [7, 11) is 0. The van der Waals surface area contributed by atoms with Crippen molar-refractivity contribution in [2.75, 3.05) is 19.8 Å². The van der Waals surface area contributed by atoms with Gasteiger partial charge in [0.2, 0.25) is 0 Å². The average molecular weight is 559 g/mol. The summed E-state index contributed by atoms with van der Waals surface area (Å²) in [6.07, 6.45) is 12.5. The molecule has 42 heavy (non-hydrogen) atoms. The SMILES string of the molecule is CCOC(=O)[C@H](Cc1ccc(OCC=Cc2cc(C=Cc3ccccc3)cc(C=Cc3ccccc3)c2)cc1)OCC. The molecule has 1 atom stereocenters. The number of esters is 1. The molecule has 0 fully saturated rings. The lowest BCUT2D eigenvalue weighted by Crippen LogP contribution is -2.28. The van der Waals surface area contributed by atoms with Gasteiger partial charge in [-0.05, 0) is 83.6 Å². The summed E-state index contributed by atoms with van der Waals surface area (Å²) < 4.78 is 16.7. The van der Waals surface area contributed by atoms with Gasteiger partial charge in [-0.15, -0.1) is 0 Å². The van der Waals surface area contributed by atoms with E-state index >= 15 is 0 Å². The Balaban J connectivity index is 1.41. The van der Waals surface area contributed by atoms with E-state index < -0.39 is 6.10 Å². The van der Waals surface area contributed by atoms with E-state index in [0.717, 1.165) is 39.1 Å². The lowest BCUT2D eigenvalue weighted by atomic mass is 10.0. The molecule has 0 spiro atoms. The number of benzene rings is 4. The topological polar surface area (TPSA) is 44.8 Å². The molecule has 0 bridgehead atoms. The van der Waals surface area contributed by atoms with Crippen LogP contribution >= 0.6 is 0 Å². The molecule has 0 aliphatic rings. The second-order valence-electron chi connectivity index (χ2n) is 9.68. The highest BCUT2D eigenvalue weighted by atomic mass is 16.6. The first-order valence-electron chi connectivity index (χ1n) is 14.4. The van der Waals surface area contributed by atoms with Crippen LogP contribution in [0, 0.1) is 0 Å². The molecule has 0 amide bonds. The van der Waals surface area contributed by atoms with Crippen LogP contribution in [0.5, 0.6) is 5.75 Å². The Morgan fingerprint density at radius 3 is 1.69 bits per heavy atom. The van der Waals surface area contributed by atoms with Crippen molar-refractivity contribution in [1.82, 2.24) is 0 Å². The summed E-state index contributed by atoms with van der Waals surface area (Å²) in [6, 6.07) is 34.9. The quantitative estimate of drug-likeness (QED) is 0.115. The molecule has 0 N–H and O–H groups in total. The normalized spacial score (nSPS) is 12.2. The van der Waals surface area contributed by atoms with Gasteiger partial charge in [-0.25, -0.2) is 4.79 Å². The van der Waals surface area contributed by atoms with Crippen LogP contribution in [0.3, 0.4) is 0 Å². The van der Waals surface area contributed by atoms with Crippen LogP contribution in [0.15, 0.2) is 109 Å². The average Bonchev–Trinajstić information content (AvgIpc) is 3.03. The van der Waals surface area contributed by atoms with Gasteiger partial charge in [0.15, 0.2) is 6.10 Å². The van der Waals surface area contributed by atoms with E-state index in [1.54, 1.807) is 6.92 Å². The molecule has 4 rings (SSSR count). The third-order valence-electron chi connectivity index (χ3n) is 6.45. The Morgan fingerprint density at radius 2 is 1.17 bits per heavy atom. The number of ether oxygens (including phenoxy) is 3. The predicted molar refractivity (Wildman–Crippen MR) is 174 cm³/mol. The van der Waals surface area contributed by atoms with E-state index in [4.69, 9.17) is 14.2 Å². The van der Waals surface area contributed by atoms with Crippen LogP contribution in [-0.4, -0.2) is 31.9 Å². The molecule has 0 aliphatic heterocycles. The summed E-state index contributed by atoms with van der Waals surface area (Å²) in [4.78, 5) is 12.2. The molecule has 4 nitrogen and oxygen atoms in total. The van der Waals surface area contributed by atoms with Crippen LogP contribution in [-0.2, 0) is 20.7 Å². The summed E-state index contributed by atoms with van der Waals surface area (Å²) in [6.45, 7) is 4.89. The van der Waals surface area contributed by atoms with Crippen LogP contribution in [0.4, 0.5) is 0 Å². The third kappa shape index (κ3) is 10.1. The van der Waals surface area contributed by atoms with Crippen molar-refractivity contribution in [3.05, 3.63) is 143 Å². The molecule has 0 aromatic heterocycles. The maximum Gasteiger partial charge on any atom is 0.335 e. The molecular weight excluding hydrogens is 520 g/mol.